The molecule has 0 fully saturated rings. The minimum atomic E-state index is -0.272. The maximum atomic E-state index is 9.36. The van der Waals surface area contributed by atoms with Crippen molar-refractivity contribution in [3.63, 3.8) is 0 Å². The topological polar surface area (TPSA) is 29.5 Å². The van der Waals surface area contributed by atoms with Gasteiger partial charge in [-0.3, -0.25) is 0 Å². The predicted octanol–water partition coefficient (Wildman–Crippen LogP) is 6.65. The van der Waals surface area contributed by atoms with Crippen molar-refractivity contribution in [2.45, 2.75) is 123 Å². The average molecular weight is 329 g/mol. The zero-order chi connectivity index (χ0) is 17.0. The average Bonchev–Trinajstić information content (AvgIpc) is 2.57. The van der Waals surface area contributed by atoms with E-state index in [4.69, 9.17) is 4.74 Å². The Morgan fingerprint density at radius 2 is 1.00 bits per heavy atom. The summed E-state index contributed by atoms with van der Waals surface area (Å²) in [5.41, 5.74) is 0. The number of rotatable bonds is 19. The highest BCUT2D eigenvalue weighted by atomic mass is 16.5. The quantitative estimate of drug-likeness (QED) is 0.269. The zero-order valence-electron chi connectivity index (χ0n) is 16.2. The van der Waals surface area contributed by atoms with Crippen LogP contribution in [0.25, 0.3) is 0 Å². The van der Waals surface area contributed by atoms with E-state index in [2.05, 4.69) is 6.92 Å². The molecule has 1 atom stereocenters. The van der Waals surface area contributed by atoms with Gasteiger partial charge in [0.25, 0.3) is 0 Å². The van der Waals surface area contributed by atoms with Crippen LogP contribution in [0, 0.1) is 0 Å². The largest absolute Gasteiger partial charge is 0.391 e. The van der Waals surface area contributed by atoms with Crippen LogP contribution in [0.15, 0.2) is 0 Å². The van der Waals surface area contributed by atoms with Crippen molar-refractivity contribution in [1.29, 1.82) is 0 Å². The monoisotopic (exact) mass is 328 g/mol. The summed E-state index contributed by atoms with van der Waals surface area (Å²) in [6.07, 6.45) is 21.4. The summed E-state index contributed by atoms with van der Waals surface area (Å²) in [7, 11) is 0. The van der Waals surface area contributed by atoms with Gasteiger partial charge in [-0.25, -0.2) is 0 Å². The summed E-state index contributed by atoms with van der Waals surface area (Å²) in [6.45, 7) is 5.60. The van der Waals surface area contributed by atoms with Crippen LogP contribution in [0.1, 0.15) is 117 Å². The number of hydrogen-bond acceptors (Lipinski definition) is 2. The van der Waals surface area contributed by atoms with Crippen molar-refractivity contribution < 1.29 is 9.84 Å². The van der Waals surface area contributed by atoms with Crippen LogP contribution in [0.4, 0.5) is 0 Å². The first-order valence-corrected chi connectivity index (χ1v) is 10.6. The lowest BCUT2D eigenvalue weighted by atomic mass is 10.0. The number of hydrogen-bond donors (Lipinski definition) is 1. The molecule has 0 bridgehead atoms. The van der Waals surface area contributed by atoms with E-state index in [-0.39, 0.29) is 6.10 Å². The van der Waals surface area contributed by atoms with Gasteiger partial charge in [-0.2, -0.15) is 0 Å². The van der Waals surface area contributed by atoms with Crippen molar-refractivity contribution in [2.75, 3.05) is 13.2 Å². The van der Waals surface area contributed by atoms with E-state index in [0.29, 0.717) is 6.61 Å². The van der Waals surface area contributed by atoms with Gasteiger partial charge in [-0.1, -0.05) is 104 Å². The molecule has 2 nitrogen and oxygen atoms in total. The van der Waals surface area contributed by atoms with Gasteiger partial charge < -0.3 is 9.84 Å². The molecule has 23 heavy (non-hydrogen) atoms. The van der Waals surface area contributed by atoms with Crippen LogP contribution in [0.5, 0.6) is 0 Å². The van der Waals surface area contributed by atoms with Crippen molar-refractivity contribution in [3.05, 3.63) is 0 Å². The molecule has 0 aromatic rings. The van der Waals surface area contributed by atoms with Crippen molar-refractivity contribution in [2.24, 2.45) is 0 Å². The Morgan fingerprint density at radius 3 is 1.39 bits per heavy atom. The predicted molar refractivity (Wildman–Crippen MR) is 102 cm³/mol. The molecule has 0 saturated heterocycles. The molecule has 0 radical (unpaired) electrons. The zero-order valence-corrected chi connectivity index (χ0v) is 16.2. The van der Waals surface area contributed by atoms with Gasteiger partial charge >= 0.3 is 0 Å². The molecular formula is C21H44O2. The minimum absolute atomic E-state index is 0.272. The molecule has 0 aromatic carbocycles. The SMILES string of the molecule is CCCCCCCCCCCCCCCCCOC[C@@H](O)CC. The third-order valence-electron chi connectivity index (χ3n) is 4.67. The molecule has 0 saturated carbocycles. The fraction of sp³-hybridized carbons (Fsp3) is 1.00. The van der Waals surface area contributed by atoms with E-state index in [1.165, 1.54) is 89.9 Å². The van der Waals surface area contributed by atoms with Gasteiger partial charge in [0.1, 0.15) is 0 Å². The van der Waals surface area contributed by atoms with Crippen LogP contribution in [-0.2, 0) is 4.74 Å². The minimum Gasteiger partial charge on any atom is -0.391 e. The fourth-order valence-electron chi connectivity index (χ4n) is 2.91. The summed E-state index contributed by atoms with van der Waals surface area (Å²) in [5.74, 6) is 0. The maximum Gasteiger partial charge on any atom is 0.0771 e. The number of ether oxygens (including phenoxy) is 1. The molecule has 0 aliphatic heterocycles. The van der Waals surface area contributed by atoms with Crippen molar-refractivity contribution in [3.8, 4) is 0 Å². The Kier molecular flexibility index (Phi) is 19.9. The molecule has 0 amide bonds. The van der Waals surface area contributed by atoms with Crippen LogP contribution >= 0.6 is 0 Å². The van der Waals surface area contributed by atoms with Gasteiger partial charge in [-0.05, 0) is 12.8 Å². The Hall–Kier alpha value is -0.0800. The first-order valence-electron chi connectivity index (χ1n) is 10.6. The van der Waals surface area contributed by atoms with Gasteiger partial charge in [0.15, 0.2) is 0 Å². The number of unbranched alkanes of at least 4 members (excludes halogenated alkanes) is 14. The molecule has 0 unspecified atom stereocenters. The maximum absolute atomic E-state index is 9.36. The second-order valence-corrected chi connectivity index (χ2v) is 7.09. The summed E-state index contributed by atoms with van der Waals surface area (Å²) in [5, 5.41) is 9.36. The summed E-state index contributed by atoms with van der Waals surface area (Å²) in [4.78, 5) is 0. The second kappa shape index (κ2) is 20.0. The first kappa shape index (κ1) is 22.9. The fourth-order valence-corrected chi connectivity index (χ4v) is 2.91. The highest BCUT2D eigenvalue weighted by Gasteiger charge is 1.99. The van der Waals surface area contributed by atoms with E-state index in [9.17, 15) is 5.11 Å². The lowest BCUT2D eigenvalue weighted by Crippen LogP contribution is -2.14. The highest BCUT2D eigenvalue weighted by Crippen LogP contribution is 2.13. The Balaban J connectivity index is 2.97. The van der Waals surface area contributed by atoms with Crippen LogP contribution in [-0.4, -0.2) is 24.4 Å². The van der Waals surface area contributed by atoms with Crippen molar-refractivity contribution >= 4 is 0 Å². The molecule has 0 spiro atoms. The Labute approximate surface area is 146 Å². The van der Waals surface area contributed by atoms with Gasteiger partial charge in [0.2, 0.25) is 0 Å². The van der Waals surface area contributed by atoms with Crippen molar-refractivity contribution in [1.82, 2.24) is 0 Å². The molecule has 0 aliphatic carbocycles. The smallest absolute Gasteiger partial charge is 0.0771 e. The van der Waals surface area contributed by atoms with Gasteiger partial charge in [-0.15, -0.1) is 0 Å². The molecule has 0 heterocycles. The standard InChI is InChI=1S/C21H44O2/c1-3-5-6-7-8-9-10-11-12-13-14-15-16-17-18-19-23-20-21(22)4-2/h21-22H,3-20H2,1-2H3/t21-/m0/s1. The number of aliphatic hydroxyl groups excluding tert-OH is 1. The molecule has 1 N–H and O–H groups in total. The first-order chi connectivity index (χ1) is 11.3. The molecule has 0 rings (SSSR count). The molecular weight excluding hydrogens is 284 g/mol. The summed E-state index contributed by atoms with van der Waals surface area (Å²) in [6, 6.07) is 0. The molecule has 0 aliphatic rings. The summed E-state index contributed by atoms with van der Waals surface area (Å²) >= 11 is 0. The van der Waals surface area contributed by atoms with E-state index in [0.717, 1.165) is 19.4 Å². The van der Waals surface area contributed by atoms with Crippen LogP contribution in [0.2, 0.25) is 0 Å². The molecule has 0 aromatic heterocycles. The lowest BCUT2D eigenvalue weighted by Gasteiger charge is -2.08. The molecule has 140 valence electrons. The lowest BCUT2D eigenvalue weighted by molar-refractivity contribution is 0.0335. The Morgan fingerprint density at radius 1 is 0.609 bits per heavy atom. The third kappa shape index (κ3) is 19.9. The summed E-state index contributed by atoms with van der Waals surface area (Å²) < 4.78 is 5.45. The van der Waals surface area contributed by atoms with Gasteiger partial charge in [0.05, 0.1) is 12.7 Å². The second-order valence-electron chi connectivity index (χ2n) is 7.09. The number of aliphatic hydroxyl groups is 1. The van der Waals surface area contributed by atoms with Gasteiger partial charge in [0, 0.05) is 6.61 Å². The normalized spacial score (nSPS) is 12.7. The molecule has 2 heteroatoms. The Bertz CT molecular complexity index is 206. The van der Waals surface area contributed by atoms with E-state index in [1.54, 1.807) is 0 Å². The van der Waals surface area contributed by atoms with Crippen LogP contribution < -0.4 is 0 Å². The van der Waals surface area contributed by atoms with E-state index >= 15 is 0 Å². The van der Waals surface area contributed by atoms with E-state index < -0.39 is 0 Å². The third-order valence-corrected chi connectivity index (χ3v) is 4.67. The van der Waals surface area contributed by atoms with E-state index in [1.807, 2.05) is 6.92 Å². The van der Waals surface area contributed by atoms with Crippen LogP contribution in [0.3, 0.4) is 0 Å². The highest BCUT2D eigenvalue weighted by molar-refractivity contribution is 4.51.